The van der Waals surface area contributed by atoms with E-state index >= 15 is 0 Å². The number of carbonyl (C=O) groups excluding carboxylic acids is 1. The monoisotopic (exact) mass is 270 g/mol. The van der Waals surface area contributed by atoms with Gasteiger partial charge in [0.05, 0.1) is 19.8 Å². The van der Waals surface area contributed by atoms with Gasteiger partial charge in [0.1, 0.15) is 0 Å². The summed E-state index contributed by atoms with van der Waals surface area (Å²) in [5, 5.41) is 3.22. The number of ether oxygens (including phenoxy) is 2. The highest BCUT2D eigenvalue weighted by atomic mass is 16.7. The van der Waals surface area contributed by atoms with Crippen molar-refractivity contribution in [3.05, 3.63) is 0 Å². The zero-order valence-corrected chi connectivity index (χ0v) is 12.1. The quantitative estimate of drug-likeness (QED) is 0.757. The van der Waals surface area contributed by atoms with Crippen LogP contribution in [-0.2, 0) is 14.3 Å². The molecule has 0 atom stereocenters. The predicted octanol–water partition coefficient (Wildman–Crippen LogP) is 0.988. The Labute approximate surface area is 115 Å². The topological polar surface area (TPSA) is 50.8 Å². The summed E-state index contributed by atoms with van der Waals surface area (Å²) in [5.41, 5.74) is 0. The van der Waals surface area contributed by atoms with E-state index in [4.69, 9.17) is 9.47 Å². The molecule has 0 unspecified atom stereocenters. The number of nitrogens with zero attached hydrogens (tertiary/aromatic N) is 1. The fourth-order valence-corrected chi connectivity index (χ4v) is 2.58. The summed E-state index contributed by atoms with van der Waals surface area (Å²) >= 11 is 0. The molecule has 0 saturated carbocycles. The molecule has 0 aliphatic carbocycles. The normalized spacial score (nSPS) is 22.4. The van der Waals surface area contributed by atoms with Crippen LogP contribution < -0.4 is 5.32 Å². The third-order valence-electron chi connectivity index (χ3n) is 3.87. The Bertz CT molecular complexity index is 291. The van der Waals surface area contributed by atoms with Gasteiger partial charge in [0, 0.05) is 25.9 Å². The molecule has 19 heavy (non-hydrogen) atoms. The van der Waals surface area contributed by atoms with E-state index in [1.54, 1.807) is 0 Å². The standard InChI is InChI=1S/C14H26N2O3/c1-12(2)3-6-15-11-13(17)16-7-4-14(5-8-16)18-9-10-19-14/h12,15H,3-11H2,1-2H3. The molecule has 0 radical (unpaired) electrons. The van der Waals surface area contributed by atoms with Crippen LogP contribution in [0, 0.1) is 5.92 Å². The molecule has 1 amide bonds. The lowest BCUT2D eigenvalue weighted by molar-refractivity contribution is -0.187. The first kappa shape index (κ1) is 14.8. The lowest BCUT2D eigenvalue weighted by Gasteiger charge is -2.37. The van der Waals surface area contributed by atoms with Gasteiger partial charge in [0.15, 0.2) is 5.79 Å². The first-order valence-corrected chi connectivity index (χ1v) is 7.38. The van der Waals surface area contributed by atoms with Crippen LogP contribution in [0.3, 0.4) is 0 Å². The number of piperidine rings is 1. The number of rotatable bonds is 5. The van der Waals surface area contributed by atoms with Crippen LogP contribution in [0.2, 0.25) is 0 Å². The van der Waals surface area contributed by atoms with Crippen LogP contribution in [0.5, 0.6) is 0 Å². The van der Waals surface area contributed by atoms with Gasteiger partial charge in [-0.05, 0) is 18.9 Å². The largest absolute Gasteiger partial charge is 0.347 e. The van der Waals surface area contributed by atoms with Crippen LogP contribution in [0.25, 0.3) is 0 Å². The van der Waals surface area contributed by atoms with Gasteiger partial charge >= 0.3 is 0 Å². The van der Waals surface area contributed by atoms with Gasteiger partial charge in [0.25, 0.3) is 0 Å². The van der Waals surface area contributed by atoms with E-state index in [2.05, 4.69) is 19.2 Å². The molecule has 1 N–H and O–H groups in total. The first-order valence-electron chi connectivity index (χ1n) is 7.38. The van der Waals surface area contributed by atoms with Gasteiger partial charge in [-0.25, -0.2) is 0 Å². The van der Waals surface area contributed by atoms with Crippen LogP contribution >= 0.6 is 0 Å². The van der Waals surface area contributed by atoms with Crippen LogP contribution in [0.1, 0.15) is 33.1 Å². The summed E-state index contributed by atoms with van der Waals surface area (Å²) in [6.07, 6.45) is 2.70. The fraction of sp³-hybridized carbons (Fsp3) is 0.929. The lowest BCUT2D eigenvalue weighted by atomic mass is 10.0. The zero-order chi connectivity index (χ0) is 13.7. The highest BCUT2D eigenvalue weighted by Gasteiger charge is 2.40. The third-order valence-corrected chi connectivity index (χ3v) is 3.87. The van der Waals surface area contributed by atoms with E-state index in [9.17, 15) is 4.79 Å². The second kappa shape index (κ2) is 6.68. The Hall–Kier alpha value is -0.650. The summed E-state index contributed by atoms with van der Waals surface area (Å²) in [6, 6.07) is 0. The van der Waals surface area contributed by atoms with Gasteiger partial charge in [-0.2, -0.15) is 0 Å². The molecular formula is C14H26N2O3. The van der Waals surface area contributed by atoms with E-state index in [-0.39, 0.29) is 11.7 Å². The van der Waals surface area contributed by atoms with Crippen LogP contribution in [-0.4, -0.2) is 56.0 Å². The van der Waals surface area contributed by atoms with Crippen molar-refractivity contribution in [3.8, 4) is 0 Å². The van der Waals surface area contributed by atoms with Crippen molar-refractivity contribution in [2.45, 2.75) is 38.9 Å². The van der Waals surface area contributed by atoms with E-state index < -0.39 is 0 Å². The summed E-state index contributed by atoms with van der Waals surface area (Å²) in [7, 11) is 0. The van der Waals surface area contributed by atoms with Crippen molar-refractivity contribution < 1.29 is 14.3 Å². The van der Waals surface area contributed by atoms with E-state index in [0.29, 0.717) is 25.7 Å². The predicted molar refractivity (Wildman–Crippen MR) is 72.8 cm³/mol. The minimum absolute atomic E-state index is 0.191. The molecule has 0 bridgehead atoms. The molecule has 5 nitrogen and oxygen atoms in total. The number of hydrogen-bond acceptors (Lipinski definition) is 4. The van der Waals surface area contributed by atoms with Crippen LogP contribution in [0.4, 0.5) is 0 Å². The lowest BCUT2D eigenvalue weighted by Crippen LogP contribution is -2.49. The van der Waals surface area contributed by atoms with Crippen molar-refractivity contribution in [3.63, 3.8) is 0 Å². The Balaban J connectivity index is 1.65. The molecule has 2 heterocycles. The summed E-state index contributed by atoms with van der Waals surface area (Å²) in [5.74, 6) is 0.479. The fourth-order valence-electron chi connectivity index (χ4n) is 2.58. The maximum absolute atomic E-state index is 12.0. The minimum atomic E-state index is -0.387. The Morgan fingerprint density at radius 2 is 1.89 bits per heavy atom. The van der Waals surface area contributed by atoms with Crippen LogP contribution in [0.15, 0.2) is 0 Å². The first-order chi connectivity index (χ1) is 9.11. The molecule has 2 rings (SSSR count). The molecule has 5 heteroatoms. The van der Waals surface area contributed by atoms with Crippen molar-refractivity contribution in [1.29, 1.82) is 0 Å². The molecular weight excluding hydrogens is 244 g/mol. The molecule has 2 fully saturated rings. The highest BCUT2D eigenvalue weighted by Crippen LogP contribution is 2.31. The summed E-state index contributed by atoms with van der Waals surface area (Å²) in [6.45, 7) is 8.59. The maximum Gasteiger partial charge on any atom is 0.236 e. The van der Waals surface area contributed by atoms with E-state index in [1.165, 1.54) is 0 Å². The smallest absolute Gasteiger partial charge is 0.236 e. The molecule has 0 aromatic heterocycles. The number of carbonyl (C=O) groups is 1. The summed E-state index contributed by atoms with van der Waals surface area (Å²) in [4.78, 5) is 13.9. The molecule has 1 spiro atoms. The Morgan fingerprint density at radius 3 is 2.47 bits per heavy atom. The third kappa shape index (κ3) is 4.16. The molecule has 2 aliphatic heterocycles. The SMILES string of the molecule is CC(C)CCNCC(=O)N1CCC2(CC1)OCCO2. The van der Waals surface area contributed by atoms with Crippen molar-refractivity contribution in [1.82, 2.24) is 10.2 Å². The number of hydrogen-bond donors (Lipinski definition) is 1. The van der Waals surface area contributed by atoms with Crippen molar-refractivity contribution in [2.75, 3.05) is 39.4 Å². The second-order valence-electron chi connectivity index (χ2n) is 5.85. The number of amides is 1. The molecule has 2 saturated heterocycles. The van der Waals surface area contributed by atoms with E-state index in [1.807, 2.05) is 4.90 Å². The van der Waals surface area contributed by atoms with Gasteiger partial charge in [-0.15, -0.1) is 0 Å². The summed E-state index contributed by atoms with van der Waals surface area (Å²) < 4.78 is 11.3. The average molecular weight is 270 g/mol. The molecule has 110 valence electrons. The minimum Gasteiger partial charge on any atom is -0.347 e. The second-order valence-corrected chi connectivity index (χ2v) is 5.85. The van der Waals surface area contributed by atoms with E-state index in [0.717, 1.165) is 38.9 Å². The van der Waals surface area contributed by atoms with Gasteiger partial charge in [0.2, 0.25) is 5.91 Å². The Morgan fingerprint density at radius 1 is 1.26 bits per heavy atom. The molecule has 2 aliphatic rings. The average Bonchev–Trinajstić information content (AvgIpc) is 2.83. The van der Waals surface area contributed by atoms with Gasteiger partial charge < -0.3 is 19.7 Å². The van der Waals surface area contributed by atoms with Gasteiger partial charge in [-0.3, -0.25) is 4.79 Å². The van der Waals surface area contributed by atoms with Crippen molar-refractivity contribution >= 4 is 5.91 Å². The van der Waals surface area contributed by atoms with Crippen molar-refractivity contribution in [2.24, 2.45) is 5.92 Å². The highest BCUT2D eigenvalue weighted by molar-refractivity contribution is 5.78. The molecule has 0 aromatic carbocycles. The molecule has 0 aromatic rings. The maximum atomic E-state index is 12.0. The number of likely N-dealkylation sites (tertiary alicyclic amines) is 1. The number of nitrogens with one attached hydrogen (secondary N) is 1. The van der Waals surface area contributed by atoms with Gasteiger partial charge in [-0.1, -0.05) is 13.8 Å². The Kier molecular flexibility index (Phi) is 5.19. The zero-order valence-electron chi connectivity index (χ0n) is 12.1.